The van der Waals surface area contributed by atoms with E-state index in [2.05, 4.69) is 47.4 Å². The number of hydrogen-bond acceptors (Lipinski definition) is 3. The second kappa shape index (κ2) is 6.44. The molecule has 0 radical (unpaired) electrons. The molecule has 1 aromatic heterocycles. The maximum Gasteiger partial charge on any atom is 0.240 e. The molecule has 23 heavy (non-hydrogen) atoms. The molecule has 0 saturated heterocycles. The molecule has 1 N–H and O–H groups in total. The van der Waals surface area contributed by atoms with Gasteiger partial charge in [0.2, 0.25) is 5.91 Å². The van der Waals surface area contributed by atoms with Crippen LogP contribution in [0.25, 0.3) is 0 Å². The van der Waals surface area contributed by atoms with Gasteiger partial charge in [0, 0.05) is 31.0 Å². The van der Waals surface area contributed by atoms with E-state index in [1.54, 1.807) is 4.68 Å². The summed E-state index contributed by atoms with van der Waals surface area (Å²) < 4.78 is 1.77. The van der Waals surface area contributed by atoms with E-state index in [9.17, 15) is 4.79 Å². The number of para-hydroxylation sites is 1. The summed E-state index contributed by atoms with van der Waals surface area (Å²) in [4.78, 5) is 14.7. The summed E-state index contributed by atoms with van der Waals surface area (Å²) in [5, 5.41) is 7.39. The van der Waals surface area contributed by atoms with Gasteiger partial charge in [0.15, 0.2) is 0 Å². The van der Waals surface area contributed by atoms with Crippen LogP contribution >= 0.6 is 0 Å². The number of aryl methyl sites for hydroxylation is 1. The minimum Gasteiger partial charge on any atom is -0.362 e. The Hall–Kier alpha value is -2.30. The van der Waals surface area contributed by atoms with E-state index in [0.717, 1.165) is 18.5 Å². The maximum absolute atomic E-state index is 12.5. The Labute approximate surface area is 137 Å². The van der Waals surface area contributed by atoms with Crippen LogP contribution in [-0.2, 0) is 18.3 Å². The SMILES string of the molecule is CC(C)C(NC(=O)CN1CCc2ccccc21)c1cnn(C)c1. The fourth-order valence-electron chi connectivity index (χ4n) is 3.20. The third-order valence-corrected chi connectivity index (χ3v) is 4.38. The summed E-state index contributed by atoms with van der Waals surface area (Å²) in [5.41, 5.74) is 3.57. The van der Waals surface area contributed by atoms with Gasteiger partial charge in [-0.15, -0.1) is 0 Å². The molecule has 0 fully saturated rings. The van der Waals surface area contributed by atoms with Gasteiger partial charge in [0.1, 0.15) is 0 Å². The highest BCUT2D eigenvalue weighted by molar-refractivity contribution is 5.82. The summed E-state index contributed by atoms with van der Waals surface area (Å²) in [6, 6.07) is 8.31. The fourth-order valence-corrected chi connectivity index (χ4v) is 3.20. The number of anilines is 1. The topological polar surface area (TPSA) is 50.2 Å². The molecule has 1 aliphatic heterocycles. The van der Waals surface area contributed by atoms with Crippen LogP contribution in [0.1, 0.15) is 31.0 Å². The second-order valence-electron chi connectivity index (χ2n) is 6.54. The summed E-state index contributed by atoms with van der Waals surface area (Å²) in [6.07, 6.45) is 4.81. The van der Waals surface area contributed by atoms with Gasteiger partial charge in [-0.2, -0.15) is 5.10 Å². The molecule has 0 aliphatic carbocycles. The lowest BCUT2D eigenvalue weighted by molar-refractivity contribution is -0.120. The predicted molar refractivity (Wildman–Crippen MR) is 91.3 cm³/mol. The molecule has 122 valence electrons. The summed E-state index contributed by atoms with van der Waals surface area (Å²) >= 11 is 0. The third kappa shape index (κ3) is 3.38. The van der Waals surface area contributed by atoms with Gasteiger partial charge in [-0.1, -0.05) is 32.0 Å². The molecule has 2 heterocycles. The van der Waals surface area contributed by atoms with Crippen molar-refractivity contribution in [1.29, 1.82) is 0 Å². The lowest BCUT2D eigenvalue weighted by Crippen LogP contribution is -2.39. The number of rotatable bonds is 5. The summed E-state index contributed by atoms with van der Waals surface area (Å²) in [7, 11) is 1.89. The zero-order valence-corrected chi connectivity index (χ0v) is 14.0. The number of nitrogens with zero attached hydrogens (tertiary/aromatic N) is 3. The summed E-state index contributed by atoms with van der Waals surface area (Å²) in [5.74, 6) is 0.373. The van der Waals surface area contributed by atoms with Crippen molar-refractivity contribution in [3.8, 4) is 0 Å². The maximum atomic E-state index is 12.5. The monoisotopic (exact) mass is 312 g/mol. The molecule has 1 amide bonds. The standard InChI is InChI=1S/C18H24N4O/c1-13(2)18(15-10-19-21(3)11-15)20-17(23)12-22-9-8-14-6-4-5-7-16(14)22/h4-7,10-11,13,18H,8-9,12H2,1-3H3,(H,20,23). The fraction of sp³-hybridized carbons (Fsp3) is 0.444. The summed E-state index contributed by atoms with van der Waals surface area (Å²) in [6.45, 7) is 5.54. The van der Waals surface area contributed by atoms with Crippen LogP contribution in [0.15, 0.2) is 36.7 Å². The Morgan fingerprint density at radius 1 is 1.35 bits per heavy atom. The molecule has 1 aromatic carbocycles. The van der Waals surface area contributed by atoms with Gasteiger partial charge in [0.05, 0.1) is 18.8 Å². The van der Waals surface area contributed by atoms with Crippen LogP contribution in [0.5, 0.6) is 0 Å². The molecule has 0 saturated carbocycles. The smallest absolute Gasteiger partial charge is 0.240 e. The Balaban J connectivity index is 1.67. The lowest BCUT2D eigenvalue weighted by Gasteiger charge is -2.24. The highest BCUT2D eigenvalue weighted by atomic mass is 16.2. The van der Waals surface area contributed by atoms with E-state index in [0.29, 0.717) is 12.5 Å². The molecule has 1 unspecified atom stereocenters. The minimum atomic E-state index is -0.00551. The normalized spacial score (nSPS) is 14.9. The molecule has 5 nitrogen and oxygen atoms in total. The zero-order valence-electron chi connectivity index (χ0n) is 14.0. The number of fused-ring (bicyclic) bond motifs is 1. The average molecular weight is 312 g/mol. The van der Waals surface area contributed by atoms with Gasteiger partial charge in [0.25, 0.3) is 0 Å². The lowest BCUT2D eigenvalue weighted by atomic mass is 9.99. The quantitative estimate of drug-likeness (QED) is 0.921. The zero-order chi connectivity index (χ0) is 16.4. The molecule has 5 heteroatoms. The van der Waals surface area contributed by atoms with Crippen LogP contribution in [0, 0.1) is 5.92 Å². The number of nitrogens with one attached hydrogen (secondary N) is 1. The molecule has 2 aromatic rings. The molecule has 3 rings (SSSR count). The van der Waals surface area contributed by atoms with Crippen molar-refractivity contribution in [3.63, 3.8) is 0 Å². The van der Waals surface area contributed by atoms with Crippen LogP contribution < -0.4 is 10.2 Å². The van der Waals surface area contributed by atoms with Gasteiger partial charge >= 0.3 is 0 Å². The van der Waals surface area contributed by atoms with E-state index in [1.165, 1.54) is 11.3 Å². The van der Waals surface area contributed by atoms with E-state index in [1.807, 2.05) is 25.5 Å². The predicted octanol–water partition coefficient (Wildman–Crippen LogP) is 2.30. The number of benzene rings is 1. The molecule has 1 atom stereocenters. The molecular weight excluding hydrogens is 288 g/mol. The van der Waals surface area contributed by atoms with Crippen molar-refractivity contribution in [2.75, 3.05) is 18.0 Å². The first-order chi connectivity index (χ1) is 11.0. The van der Waals surface area contributed by atoms with Crippen molar-refractivity contribution in [1.82, 2.24) is 15.1 Å². The van der Waals surface area contributed by atoms with Crippen LogP contribution in [0.4, 0.5) is 5.69 Å². The van der Waals surface area contributed by atoms with Crippen LogP contribution in [0.3, 0.4) is 0 Å². The van der Waals surface area contributed by atoms with Crippen molar-refractivity contribution in [2.45, 2.75) is 26.3 Å². The van der Waals surface area contributed by atoms with Gasteiger partial charge in [-0.25, -0.2) is 0 Å². The number of aromatic nitrogens is 2. The molecule has 1 aliphatic rings. The Morgan fingerprint density at radius 3 is 2.83 bits per heavy atom. The molecule has 0 spiro atoms. The molecular formula is C18H24N4O. The first-order valence-electron chi connectivity index (χ1n) is 8.15. The van der Waals surface area contributed by atoms with Gasteiger partial charge in [-0.3, -0.25) is 9.48 Å². The highest BCUT2D eigenvalue weighted by Gasteiger charge is 2.24. The number of carbonyl (C=O) groups excluding carboxylic acids is 1. The first kappa shape index (κ1) is 15.6. The van der Waals surface area contributed by atoms with Gasteiger partial charge in [-0.05, 0) is 24.0 Å². The number of carbonyl (C=O) groups is 1. The Kier molecular flexibility index (Phi) is 4.37. The van der Waals surface area contributed by atoms with E-state index in [4.69, 9.17) is 0 Å². The van der Waals surface area contributed by atoms with Crippen molar-refractivity contribution >= 4 is 11.6 Å². The Bertz CT molecular complexity index is 692. The van der Waals surface area contributed by atoms with Crippen molar-refractivity contribution in [3.05, 3.63) is 47.8 Å². The number of amides is 1. The van der Waals surface area contributed by atoms with Crippen LogP contribution in [0.2, 0.25) is 0 Å². The minimum absolute atomic E-state index is 0.00551. The first-order valence-corrected chi connectivity index (χ1v) is 8.15. The molecule has 0 bridgehead atoms. The van der Waals surface area contributed by atoms with Crippen LogP contribution in [-0.4, -0.2) is 28.8 Å². The third-order valence-electron chi connectivity index (χ3n) is 4.38. The van der Waals surface area contributed by atoms with Gasteiger partial charge < -0.3 is 10.2 Å². The van der Waals surface area contributed by atoms with Crippen molar-refractivity contribution in [2.24, 2.45) is 13.0 Å². The van der Waals surface area contributed by atoms with E-state index < -0.39 is 0 Å². The second-order valence-corrected chi connectivity index (χ2v) is 6.54. The van der Waals surface area contributed by atoms with E-state index >= 15 is 0 Å². The van der Waals surface area contributed by atoms with E-state index in [-0.39, 0.29) is 11.9 Å². The van der Waals surface area contributed by atoms with Crippen molar-refractivity contribution < 1.29 is 4.79 Å². The number of hydrogen-bond donors (Lipinski definition) is 1. The Morgan fingerprint density at radius 2 is 2.13 bits per heavy atom. The largest absolute Gasteiger partial charge is 0.362 e. The average Bonchev–Trinajstić information content (AvgIpc) is 3.12. The highest BCUT2D eigenvalue weighted by Crippen LogP contribution is 2.27.